The van der Waals surface area contributed by atoms with E-state index in [-0.39, 0.29) is 5.91 Å². The number of rotatable bonds is 2. The number of piperazine rings is 1. The van der Waals surface area contributed by atoms with Crippen molar-refractivity contribution in [1.82, 2.24) is 14.8 Å². The standard InChI is InChI=1S/C12H17N3O.2C2H6/c1-11(16)15-7-5-14(6-8-15)10-12-3-2-4-13-9-12;2*1-2/h2-4,9H,5-8,10H2,1H3;2*1-2H3. The molecule has 4 heteroatoms. The molecule has 1 aromatic heterocycles. The molecule has 0 aliphatic carbocycles. The summed E-state index contributed by atoms with van der Waals surface area (Å²) in [6.07, 6.45) is 3.69. The molecular weight excluding hydrogens is 250 g/mol. The van der Waals surface area contributed by atoms with E-state index in [1.807, 2.05) is 44.9 Å². The predicted octanol–water partition coefficient (Wildman–Crippen LogP) is 2.80. The molecule has 0 saturated carbocycles. The number of hydrogen-bond donors (Lipinski definition) is 0. The van der Waals surface area contributed by atoms with Crippen LogP contribution in [-0.2, 0) is 11.3 Å². The molecule has 1 aliphatic heterocycles. The van der Waals surface area contributed by atoms with Gasteiger partial charge in [0.05, 0.1) is 0 Å². The van der Waals surface area contributed by atoms with Crippen LogP contribution in [0.5, 0.6) is 0 Å². The Morgan fingerprint density at radius 2 is 1.75 bits per heavy atom. The fraction of sp³-hybridized carbons (Fsp3) is 0.625. The van der Waals surface area contributed by atoms with Gasteiger partial charge in [0, 0.05) is 52.0 Å². The minimum atomic E-state index is 0.182. The Kier molecular flexibility index (Phi) is 10.6. The summed E-state index contributed by atoms with van der Waals surface area (Å²) in [5.74, 6) is 0.182. The van der Waals surface area contributed by atoms with E-state index in [1.54, 1.807) is 13.1 Å². The molecule has 0 spiro atoms. The molecule has 1 aromatic rings. The van der Waals surface area contributed by atoms with Crippen molar-refractivity contribution in [2.24, 2.45) is 0 Å². The van der Waals surface area contributed by atoms with E-state index in [0.29, 0.717) is 0 Å². The van der Waals surface area contributed by atoms with E-state index in [2.05, 4.69) is 16.0 Å². The number of carbonyl (C=O) groups is 1. The molecule has 0 aromatic carbocycles. The van der Waals surface area contributed by atoms with Crippen LogP contribution >= 0.6 is 0 Å². The van der Waals surface area contributed by atoms with Crippen LogP contribution in [0.3, 0.4) is 0 Å². The highest BCUT2D eigenvalue weighted by atomic mass is 16.2. The van der Waals surface area contributed by atoms with Gasteiger partial charge < -0.3 is 4.90 Å². The van der Waals surface area contributed by atoms with Crippen LogP contribution in [0.1, 0.15) is 40.2 Å². The van der Waals surface area contributed by atoms with E-state index >= 15 is 0 Å². The first-order valence-electron chi connectivity index (χ1n) is 7.62. The summed E-state index contributed by atoms with van der Waals surface area (Å²) in [7, 11) is 0. The second-order valence-electron chi connectivity index (χ2n) is 4.14. The van der Waals surface area contributed by atoms with Crippen LogP contribution in [0.2, 0.25) is 0 Å². The van der Waals surface area contributed by atoms with Crippen molar-refractivity contribution in [3.8, 4) is 0 Å². The van der Waals surface area contributed by atoms with Crippen LogP contribution < -0.4 is 0 Å². The Morgan fingerprint density at radius 1 is 1.15 bits per heavy atom. The molecule has 4 nitrogen and oxygen atoms in total. The largest absolute Gasteiger partial charge is 0.340 e. The third-order valence-corrected chi connectivity index (χ3v) is 2.95. The molecule has 1 aliphatic rings. The quantitative estimate of drug-likeness (QED) is 0.835. The topological polar surface area (TPSA) is 36.4 Å². The summed E-state index contributed by atoms with van der Waals surface area (Å²) < 4.78 is 0. The minimum Gasteiger partial charge on any atom is -0.340 e. The first-order chi connectivity index (χ1) is 9.75. The molecule has 1 fully saturated rings. The van der Waals surface area contributed by atoms with Crippen LogP contribution in [0.4, 0.5) is 0 Å². The lowest BCUT2D eigenvalue weighted by molar-refractivity contribution is -0.130. The van der Waals surface area contributed by atoms with E-state index in [0.717, 1.165) is 32.7 Å². The van der Waals surface area contributed by atoms with Gasteiger partial charge >= 0.3 is 0 Å². The molecule has 0 N–H and O–H groups in total. The predicted molar refractivity (Wildman–Crippen MR) is 84.5 cm³/mol. The monoisotopic (exact) mass is 279 g/mol. The number of hydrogen-bond acceptors (Lipinski definition) is 3. The first-order valence-corrected chi connectivity index (χ1v) is 7.62. The van der Waals surface area contributed by atoms with Gasteiger partial charge in [0.25, 0.3) is 0 Å². The zero-order valence-electron chi connectivity index (χ0n) is 13.6. The summed E-state index contributed by atoms with van der Waals surface area (Å²) in [5, 5.41) is 0. The highest BCUT2D eigenvalue weighted by Gasteiger charge is 2.18. The smallest absolute Gasteiger partial charge is 0.219 e. The average molecular weight is 279 g/mol. The van der Waals surface area contributed by atoms with Crippen molar-refractivity contribution >= 4 is 5.91 Å². The lowest BCUT2D eigenvalue weighted by Gasteiger charge is -2.34. The fourth-order valence-corrected chi connectivity index (χ4v) is 1.97. The van der Waals surface area contributed by atoms with E-state index < -0.39 is 0 Å². The van der Waals surface area contributed by atoms with Crippen molar-refractivity contribution in [1.29, 1.82) is 0 Å². The van der Waals surface area contributed by atoms with Gasteiger partial charge in [0.15, 0.2) is 0 Å². The molecule has 114 valence electrons. The lowest BCUT2D eigenvalue weighted by atomic mass is 10.2. The van der Waals surface area contributed by atoms with Crippen molar-refractivity contribution in [2.75, 3.05) is 26.2 Å². The Balaban J connectivity index is 0.000000829. The minimum absolute atomic E-state index is 0.182. The van der Waals surface area contributed by atoms with Crippen molar-refractivity contribution in [2.45, 2.75) is 41.2 Å². The van der Waals surface area contributed by atoms with Crippen LogP contribution in [0.25, 0.3) is 0 Å². The molecule has 0 bridgehead atoms. The number of carbonyl (C=O) groups excluding carboxylic acids is 1. The van der Waals surface area contributed by atoms with Crippen LogP contribution in [-0.4, -0.2) is 46.9 Å². The van der Waals surface area contributed by atoms with Gasteiger partial charge in [-0.25, -0.2) is 0 Å². The van der Waals surface area contributed by atoms with Crippen LogP contribution in [0, 0.1) is 0 Å². The van der Waals surface area contributed by atoms with E-state index in [1.165, 1.54) is 5.56 Å². The third-order valence-electron chi connectivity index (χ3n) is 2.95. The van der Waals surface area contributed by atoms with Gasteiger partial charge in [0.1, 0.15) is 0 Å². The molecule has 1 amide bonds. The number of amides is 1. The van der Waals surface area contributed by atoms with Crippen molar-refractivity contribution < 1.29 is 4.79 Å². The number of nitrogens with zero attached hydrogens (tertiary/aromatic N) is 3. The highest BCUT2D eigenvalue weighted by Crippen LogP contribution is 2.07. The van der Waals surface area contributed by atoms with Gasteiger partial charge in [-0.1, -0.05) is 33.8 Å². The summed E-state index contributed by atoms with van der Waals surface area (Å²) in [6.45, 7) is 14.2. The van der Waals surface area contributed by atoms with E-state index in [9.17, 15) is 4.79 Å². The van der Waals surface area contributed by atoms with Crippen LogP contribution in [0.15, 0.2) is 24.5 Å². The fourth-order valence-electron chi connectivity index (χ4n) is 1.97. The van der Waals surface area contributed by atoms with Gasteiger partial charge in [0.2, 0.25) is 5.91 Å². The molecule has 0 radical (unpaired) electrons. The Hall–Kier alpha value is -1.42. The maximum Gasteiger partial charge on any atom is 0.219 e. The number of pyridine rings is 1. The first kappa shape index (κ1) is 18.6. The second kappa shape index (κ2) is 11.4. The summed E-state index contributed by atoms with van der Waals surface area (Å²) in [6, 6.07) is 4.05. The maximum atomic E-state index is 11.2. The zero-order chi connectivity index (χ0) is 15.4. The Bertz CT molecular complexity index is 346. The average Bonchev–Trinajstić information content (AvgIpc) is 2.53. The van der Waals surface area contributed by atoms with Crippen molar-refractivity contribution in [3.05, 3.63) is 30.1 Å². The molecule has 2 heterocycles. The van der Waals surface area contributed by atoms with Crippen molar-refractivity contribution in [3.63, 3.8) is 0 Å². The number of aromatic nitrogens is 1. The molecule has 20 heavy (non-hydrogen) atoms. The Morgan fingerprint density at radius 3 is 2.20 bits per heavy atom. The third kappa shape index (κ3) is 6.66. The molecular formula is C16H29N3O. The SMILES string of the molecule is CC.CC.CC(=O)N1CCN(Cc2cccnc2)CC1. The highest BCUT2D eigenvalue weighted by molar-refractivity contribution is 5.73. The molecule has 0 unspecified atom stereocenters. The zero-order valence-corrected chi connectivity index (χ0v) is 13.6. The summed E-state index contributed by atoms with van der Waals surface area (Å²) in [5.41, 5.74) is 1.23. The Labute approximate surface area is 123 Å². The van der Waals surface area contributed by atoms with Gasteiger partial charge in [-0.2, -0.15) is 0 Å². The summed E-state index contributed by atoms with van der Waals surface area (Å²) >= 11 is 0. The van der Waals surface area contributed by atoms with E-state index in [4.69, 9.17) is 0 Å². The lowest BCUT2D eigenvalue weighted by Crippen LogP contribution is -2.47. The molecule has 0 atom stereocenters. The van der Waals surface area contributed by atoms with Gasteiger partial charge in [-0.3, -0.25) is 14.7 Å². The normalized spacial score (nSPS) is 14.6. The molecule has 2 rings (SSSR count). The van der Waals surface area contributed by atoms with Gasteiger partial charge in [-0.15, -0.1) is 0 Å². The summed E-state index contributed by atoms with van der Waals surface area (Å²) in [4.78, 5) is 19.5. The molecule has 1 saturated heterocycles. The second-order valence-corrected chi connectivity index (χ2v) is 4.14. The van der Waals surface area contributed by atoms with Gasteiger partial charge in [-0.05, 0) is 11.6 Å². The maximum absolute atomic E-state index is 11.2.